The van der Waals surface area contributed by atoms with E-state index in [1.807, 2.05) is 30.3 Å². The fourth-order valence-electron chi connectivity index (χ4n) is 3.09. The van der Waals surface area contributed by atoms with E-state index in [2.05, 4.69) is 10.6 Å². The van der Waals surface area contributed by atoms with Crippen LogP contribution in [-0.2, 0) is 4.79 Å². The number of piperidine rings is 1. The number of para-hydroxylation sites is 1. The van der Waals surface area contributed by atoms with E-state index in [0.29, 0.717) is 44.1 Å². The van der Waals surface area contributed by atoms with E-state index in [-0.39, 0.29) is 17.9 Å². The van der Waals surface area contributed by atoms with Crippen LogP contribution >= 0.6 is 11.6 Å². The number of hydrogen-bond donors (Lipinski definition) is 2. The largest absolute Gasteiger partial charge is 0.492 e. The molecule has 1 aliphatic rings. The van der Waals surface area contributed by atoms with Crippen molar-refractivity contribution in [2.45, 2.75) is 12.8 Å². The van der Waals surface area contributed by atoms with Crippen LogP contribution < -0.4 is 15.4 Å². The molecular weight excluding hydrogens is 378 g/mol. The molecule has 7 heteroatoms. The van der Waals surface area contributed by atoms with Gasteiger partial charge in [-0.3, -0.25) is 4.79 Å². The molecule has 0 unspecified atom stereocenters. The predicted molar refractivity (Wildman–Crippen MR) is 110 cm³/mol. The van der Waals surface area contributed by atoms with Gasteiger partial charge in [0.05, 0.1) is 6.54 Å². The van der Waals surface area contributed by atoms with Gasteiger partial charge in [0.2, 0.25) is 5.91 Å². The number of carbonyl (C=O) groups excluding carboxylic acids is 2. The smallest absolute Gasteiger partial charge is 0.321 e. The molecule has 6 nitrogen and oxygen atoms in total. The maximum atomic E-state index is 12.3. The molecule has 2 N–H and O–H groups in total. The Morgan fingerprint density at radius 2 is 1.71 bits per heavy atom. The van der Waals surface area contributed by atoms with Gasteiger partial charge in [0, 0.05) is 29.7 Å². The SMILES string of the molecule is O=C(NCCOc1ccc(Cl)cc1)C1CCN(C(=O)Nc2ccccc2)CC1. The van der Waals surface area contributed by atoms with Crippen molar-refractivity contribution in [3.63, 3.8) is 0 Å². The summed E-state index contributed by atoms with van der Waals surface area (Å²) >= 11 is 5.83. The number of benzene rings is 2. The maximum Gasteiger partial charge on any atom is 0.321 e. The first kappa shape index (κ1) is 20.0. The Morgan fingerprint density at radius 3 is 2.39 bits per heavy atom. The first-order valence-corrected chi connectivity index (χ1v) is 9.76. The summed E-state index contributed by atoms with van der Waals surface area (Å²) in [6, 6.07) is 16.3. The summed E-state index contributed by atoms with van der Waals surface area (Å²) < 4.78 is 5.57. The highest BCUT2D eigenvalue weighted by Crippen LogP contribution is 2.19. The van der Waals surface area contributed by atoms with Crippen molar-refractivity contribution in [1.29, 1.82) is 0 Å². The number of amides is 3. The molecule has 1 fully saturated rings. The monoisotopic (exact) mass is 401 g/mol. The third-order valence-corrected chi connectivity index (χ3v) is 4.91. The minimum Gasteiger partial charge on any atom is -0.492 e. The van der Waals surface area contributed by atoms with E-state index in [0.717, 1.165) is 11.4 Å². The molecule has 0 aliphatic carbocycles. The van der Waals surface area contributed by atoms with Gasteiger partial charge in [-0.1, -0.05) is 29.8 Å². The number of halogens is 1. The van der Waals surface area contributed by atoms with E-state index in [9.17, 15) is 9.59 Å². The lowest BCUT2D eigenvalue weighted by Gasteiger charge is -2.31. The number of carbonyl (C=O) groups is 2. The van der Waals surface area contributed by atoms with Gasteiger partial charge < -0.3 is 20.3 Å². The zero-order valence-corrected chi connectivity index (χ0v) is 16.3. The van der Waals surface area contributed by atoms with Gasteiger partial charge >= 0.3 is 6.03 Å². The summed E-state index contributed by atoms with van der Waals surface area (Å²) in [5.41, 5.74) is 0.771. The molecule has 0 radical (unpaired) electrons. The molecule has 0 saturated carbocycles. The Labute approximate surface area is 169 Å². The van der Waals surface area contributed by atoms with Crippen molar-refractivity contribution in [2.75, 3.05) is 31.6 Å². The molecule has 0 aromatic heterocycles. The summed E-state index contributed by atoms with van der Waals surface area (Å²) in [5, 5.41) is 6.44. The highest BCUT2D eigenvalue weighted by atomic mass is 35.5. The first-order chi connectivity index (χ1) is 13.6. The zero-order chi connectivity index (χ0) is 19.8. The summed E-state index contributed by atoms with van der Waals surface area (Å²) in [6.07, 6.45) is 1.32. The number of likely N-dealkylation sites (tertiary alicyclic amines) is 1. The molecule has 2 aromatic rings. The summed E-state index contributed by atoms with van der Waals surface area (Å²) in [7, 11) is 0. The molecule has 1 aliphatic heterocycles. The van der Waals surface area contributed by atoms with Crippen molar-refractivity contribution < 1.29 is 14.3 Å². The number of urea groups is 1. The lowest BCUT2D eigenvalue weighted by Crippen LogP contribution is -2.45. The summed E-state index contributed by atoms with van der Waals surface area (Å²) in [4.78, 5) is 26.4. The molecule has 2 aromatic carbocycles. The van der Waals surface area contributed by atoms with Crippen LogP contribution in [0.5, 0.6) is 5.75 Å². The third kappa shape index (κ3) is 5.89. The maximum absolute atomic E-state index is 12.3. The minimum absolute atomic E-state index is 0.0165. The molecule has 28 heavy (non-hydrogen) atoms. The van der Waals surface area contributed by atoms with Gasteiger partial charge in [-0.15, -0.1) is 0 Å². The Bertz CT molecular complexity index is 775. The number of nitrogens with one attached hydrogen (secondary N) is 2. The van der Waals surface area contributed by atoms with Gasteiger partial charge in [0.25, 0.3) is 0 Å². The Balaban J connectivity index is 1.34. The van der Waals surface area contributed by atoms with Gasteiger partial charge in [-0.25, -0.2) is 4.79 Å². The van der Waals surface area contributed by atoms with Gasteiger partial charge in [0.15, 0.2) is 0 Å². The van der Waals surface area contributed by atoms with E-state index in [4.69, 9.17) is 16.3 Å². The van der Waals surface area contributed by atoms with E-state index in [1.165, 1.54) is 0 Å². The van der Waals surface area contributed by atoms with Gasteiger partial charge in [0.1, 0.15) is 12.4 Å². The Kier molecular flexibility index (Phi) is 7.14. The van der Waals surface area contributed by atoms with Crippen LogP contribution in [0.4, 0.5) is 10.5 Å². The highest BCUT2D eigenvalue weighted by molar-refractivity contribution is 6.30. The quantitative estimate of drug-likeness (QED) is 0.723. The standard InChI is InChI=1S/C21H24ClN3O3/c22-17-6-8-19(9-7-17)28-15-12-23-20(26)16-10-13-25(14-11-16)21(27)24-18-4-2-1-3-5-18/h1-9,16H,10-15H2,(H,23,26)(H,24,27). The van der Waals surface area contributed by atoms with E-state index in [1.54, 1.807) is 29.2 Å². The van der Waals surface area contributed by atoms with Crippen molar-refractivity contribution in [2.24, 2.45) is 5.92 Å². The van der Waals surface area contributed by atoms with Crippen LogP contribution in [0.3, 0.4) is 0 Å². The topological polar surface area (TPSA) is 70.7 Å². The fraction of sp³-hybridized carbons (Fsp3) is 0.333. The molecule has 0 bridgehead atoms. The van der Waals surface area contributed by atoms with Crippen LogP contribution in [0.2, 0.25) is 5.02 Å². The number of rotatable bonds is 6. The number of ether oxygens (including phenoxy) is 1. The lowest BCUT2D eigenvalue weighted by atomic mass is 9.96. The van der Waals surface area contributed by atoms with Crippen molar-refractivity contribution in [3.05, 3.63) is 59.6 Å². The summed E-state index contributed by atoms with van der Waals surface area (Å²) in [6.45, 7) is 1.97. The average Bonchev–Trinajstić information content (AvgIpc) is 2.73. The second kappa shape index (κ2) is 9.99. The molecule has 3 amide bonds. The zero-order valence-electron chi connectivity index (χ0n) is 15.6. The average molecular weight is 402 g/mol. The normalized spacial score (nSPS) is 14.4. The Morgan fingerprint density at radius 1 is 1.04 bits per heavy atom. The summed E-state index contributed by atoms with van der Waals surface area (Å²) in [5.74, 6) is 0.663. The molecular formula is C21H24ClN3O3. The molecule has 148 valence electrons. The van der Waals surface area contributed by atoms with Gasteiger partial charge in [-0.2, -0.15) is 0 Å². The molecule has 1 heterocycles. The van der Waals surface area contributed by atoms with Gasteiger partial charge in [-0.05, 0) is 49.2 Å². The van der Waals surface area contributed by atoms with Crippen LogP contribution in [0.1, 0.15) is 12.8 Å². The second-order valence-corrected chi connectivity index (χ2v) is 7.09. The van der Waals surface area contributed by atoms with E-state index >= 15 is 0 Å². The van der Waals surface area contributed by atoms with Crippen molar-refractivity contribution in [1.82, 2.24) is 10.2 Å². The highest BCUT2D eigenvalue weighted by Gasteiger charge is 2.27. The first-order valence-electron chi connectivity index (χ1n) is 9.39. The molecule has 3 rings (SSSR count). The second-order valence-electron chi connectivity index (χ2n) is 6.65. The number of anilines is 1. The van der Waals surface area contributed by atoms with Crippen LogP contribution in [0.25, 0.3) is 0 Å². The van der Waals surface area contributed by atoms with Crippen molar-refractivity contribution >= 4 is 29.2 Å². The van der Waals surface area contributed by atoms with E-state index < -0.39 is 0 Å². The van der Waals surface area contributed by atoms with Crippen LogP contribution in [-0.4, -0.2) is 43.1 Å². The van der Waals surface area contributed by atoms with Crippen molar-refractivity contribution in [3.8, 4) is 5.75 Å². The van der Waals surface area contributed by atoms with Crippen LogP contribution in [0.15, 0.2) is 54.6 Å². The third-order valence-electron chi connectivity index (χ3n) is 4.66. The molecule has 0 atom stereocenters. The Hall–Kier alpha value is -2.73. The van der Waals surface area contributed by atoms with Crippen LogP contribution in [0, 0.1) is 5.92 Å². The number of hydrogen-bond acceptors (Lipinski definition) is 3. The minimum atomic E-state index is -0.124. The fourth-order valence-corrected chi connectivity index (χ4v) is 3.21. The lowest BCUT2D eigenvalue weighted by molar-refractivity contribution is -0.126. The molecule has 1 saturated heterocycles. The molecule has 0 spiro atoms. The predicted octanol–water partition coefficient (Wildman–Crippen LogP) is 3.78. The number of nitrogens with zero attached hydrogens (tertiary/aromatic N) is 1.